The zero-order valence-electron chi connectivity index (χ0n) is 12.2. The zero-order chi connectivity index (χ0) is 16.2. The minimum Gasteiger partial charge on any atom is -0.481 e. The van der Waals surface area contributed by atoms with E-state index in [2.05, 4.69) is 21.2 Å². The average molecular weight is 372 g/mol. The Morgan fingerprint density at radius 2 is 2.00 bits per heavy atom. The van der Waals surface area contributed by atoms with Crippen LogP contribution in [-0.2, 0) is 16.0 Å². The Bertz CT molecular complexity index is 571. The summed E-state index contributed by atoms with van der Waals surface area (Å²) in [4.78, 5) is 23.4. The molecule has 1 aliphatic rings. The summed E-state index contributed by atoms with van der Waals surface area (Å²) in [7, 11) is 0. The van der Waals surface area contributed by atoms with Crippen LogP contribution in [0.1, 0.15) is 37.7 Å². The fourth-order valence-electron chi connectivity index (χ4n) is 2.95. The summed E-state index contributed by atoms with van der Waals surface area (Å²) >= 11 is 3.19. The van der Waals surface area contributed by atoms with Crippen molar-refractivity contribution in [3.63, 3.8) is 0 Å². The first-order chi connectivity index (χ1) is 10.4. The van der Waals surface area contributed by atoms with E-state index in [-0.39, 0.29) is 18.1 Å². The number of amides is 1. The Hall–Kier alpha value is -1.43. The van der Waals surface area contributed by atoms with Gasteiger partial charge < -0.3 is 10.4 Å². The van der Waals surface area contributed by atoms with Crippen molar-refractivity contribution in [2.24, 2.45) is 5.41 Å². The zero-order valence-corrected chi connectivity index (χ0v) is 13.8. The number of benzene rings is 1. The van der Waals surface area contributed by atoms with E-state index in [9.17, 15) is 19.1 Å². The molecule has 0 atom stereocenters. The molecular weight excluding hydrogens is 353 g/mol. The van der Waals surface area contributed by atoms with E-state index in [0.29, 0.717) is 35.8 Å². The summed E-state index contributed by atoms with van der Waals surface area (Å²) < 4.78 is 14.3. The van der Waals surface area contributed by atoms with Gasteiger partial charge in [0.05, 0.1) is 5.41 Å². The highest BCUT2D eigenvalue weighted by Gasteiger charge is 2.42. The van der Waals surface area contributed by atoms with Crippen molar-refractivity contribution in [1.29, 1.82) is 0 Å². The molecule has 2 N–H and O–H groups in total. The number of hydrogen-bond acceptors (Lipinski definition) is 2. The molecule has 1 saturated carbocycles. The summed E-state index contributed by atoms with van der Waals surface area (Å²) in [6.45, 7) is 0.299. The van der Waals surface area contributed by atoms with Gasteiger partial charge in [-0.1, -0.05) is 34.8 Å². The Kier molecular flexibility index (Phi) is 5.56. The minimum atomic E-state index is -0.910. The molecule has 0 saturated heterocycles. The number of carboxylic acids is 1. The minimum absolute atomic E-state index is 0.00511. The SMILES string of the molecule is O=C(CC1(C(=O)O)CCCC1)NCCc1ccc(Br)cc1F. The van der Waals surface area contributed by atoms with Gasteiger partial charge in [-0.15, -0.1) is 0 Å². The standard InChI is InChI=1S/C16H19BrFNO3/c17-12-4-3-11(13(18)9-12)5-8-19-14(20)10-16(15(21)22)6-1-2-7-16/h3-4,9H,1-2,5-8,10H2,(H,19,20)(H,21,22). The van der Waals surface area contributed by atoms with Gasteiger partial charge in [-0.05, 0) is 37.0 Å². The number of hydrogen-bond donors (Lipinski definition) is 2. The first-order valence-electron chi connectivity index (χ1n) is 7.37. The number of aliphatic carboxylic acids is 1. The van der Waals surface area contributed by atoms with Crippen molar-refractivity contribution in [2.75, 3.05) is 6.54 Å². The van der Waals surface area contributed by atoms with Crippen LogP contribution in [0, 0.1) is 11.2 Å². The van der Waals surface area contributed by atoms with Crippen molar-refractivity contribution in [3.05, 3.63) is 34.1 Å². The summed E-state index contributed by atoms with van der Waals surface area (Å²) in [5, 5.41) is 12.0. The van der Waals surface area contributed by atoms with E-state index in [1.807, 2.05) is 0 Å². The van der Waals surface area contributed by atoms with Gasteiger partial charge in [0.25, 0.3) is 0 Å². The molecule has 22 heavy (non-hydrogen) atoms. The fourth-order valence-corrected chi connectivity index (χ4v) is 3.28. The highest BCUT2D eigenvalue weighted by atomic mass is 79.9. The molecule has 1 fully saturated rings. The van der Waals surface area contributed by atoms with Crippen LogP contribution >= 0.6 is 15.9 Å². The first kappa shape index (κ1) is 16.9. The molecule has 0 bridgehead atoms. The van der Waals surface area contributed by atoms with Gasteiger partial charge in [-0.25, -0.2) is 4.39 Å². The van der Waals surface area contributed by atoms with Crippen LogP contribution in [0.15, 0.2) is 22.7 Å². The molecule has 0 spiro atoms. The number of carbonyl (C=O) groups is 2. The molecule has 120 valence electrons. The second-order valence-electron chi connectivity index (χ2n) is 5.81. The molecule has 1 aromatic carbocycles. The molecule has 1 amide bonds. The molecule has 0 radical (unpaired) electrons. The largest absolute Gasteiger partial charge is 0.481 e. The van der Waals surface area contributed by atoms with Gasteiger partial charge in [-0.2, -0.15) is 0 Å². The summed E-state index contributed by atoms with van der Waals surface area (Å²) in [6.07, 6.45) is 3.19. The summed E-state index contributed by atoms with van der Waals surface area (Å²) in [6, 6.07) is 4.80. The lowest BCUT2D eigenvalue weighted by Crippen LogP contribution is -2.36. The Morgan fingerprint density at radius 3 is 2.59 bits per heavy atom. The fraction of sp³-hybridized carbons (Fsp3) is 0.500. The van der Waals surface area contributed by atoms with E-state index in [1.54, 1.807) is 12.1 Å². The Labute approximate surface area is 137 Å². The smallest absolute Gasteiger partial charge is 0.310 e. The number of nitrogens with one attached hydrogen (secondary N) is 1. The summed E-state index contributed by atoms with van der Waals surface area (Å²) in [5.74, 6) is -1.48. The second kappa shape index (κ2) is 7.22. The maximum absolute atomic E-state index is 13.6. The molecule has 1 aromatic rings. The third-order valence-corrected chi connectivity index (χ3v) is 4.74. The van der Waals surface area contributed by atoms with Crippen LogP contribution in [0.2, 0.25) is 0 Å². The molecule has 4 nitrogen and oxygen atoms in total. The molecule has 2 rings (SSSR count). The molecule has 0 aromatic heterocycles. The van der Waals surface area contributed by atoms with E-state index >= 15 is 0 Å². The van der Waals surface area contributed by atoms with Crippen molar-refractivity contribution >= 4 is 27.8 Å². The van der Waals surface area contributed by atoms with Crippen molar-refractivity contribution in [2.45, 2.75) is 38.5 Å². The number of halogens is 2. The number of rotatable bonds is 6. The van der Waals surface area contributed by atoms with Crippen LogP contribution in [-0.4, -0.2) is 23.5 Å². The van der Waals surface area contributed by atoms with Crippen LogP contribution in [0.3, 0.4) is 0 Å². The molecule has 0 heterocycles. The maximum Gasteiger partial charge on any atom is 0.310 e. The normalized spacial score (nSPS) is 16.5. The molecular formula is C16H19BrFNO3. The van der Waals surface area contributed by atoms with Crippen LogP contribution in [0.5, 0.6) is 0 Å². The van der Waals surface area contributed by atoms with E-state index in [1.165, 1.54) is 6.07 Å². The van der Waals surface area contributed by atoms with Crippen molar-refractivity contribution in [1.82, 2.24) is 5.32 Å². The average Bonchev–Trinajstić information content (AvgIpc) is 2.91. The predicted molar refractivity (Wildman–Crippen MR) is 84.0 cm³/mol. The third kappa shape index (κ3) is 4.06. The molecule has 1 aliphatic carbocycles. The lowest BCUT2D eigenvalue weighted by molar-refractivity contribution is -0.151. The number of carbonyl (C=O) groups excluding carboxylic acids is 1. The Balaban J connectivity index is 1.84. The van der Waals surface area contributed by atoms with Crippen molar-refractivity contribution in [3.8, 4) is 0 Å². The maximum atomic E-state index is 13.6. The molecule has 6 heteroatoms. The molecule has 0 aliphatic heterocycles. The van der Waals surface area contributed by atoms with Gasteiger partial charge in [0, 0.05) is 17.4 Å². The van der Waals surface area contributed by atoms with Gasteiger partial charge in [0.15, 0.2) is 0 Å². The highest BCUT2D eigenvalue weighted by molar-refractivity contribution is 9.10. The van der Waals surface area contributed by atoms with E-state index < -0.39 is 11.4 Å². The first-order valence-corrected chi connectivity index (χ1v) is 8.16. The van der Waals surface area contributed by atoms with Crippen LogP contribution < -0.4 is 5.32 Å². The van der Waals surface area contributed by atoms with Gasteiger partial charge in [-0.3, -0.25) is 9.59 Å². The van der Waals surface area contributed by atoms with Gasteiger partial charge in [0.1, 0.15) is 5.82 Å². The summed E-state index contributed by atoms with van der Waals surface area (Å²) in [5.41, 5.74) is -0.384. The van der Waals surface area contributed by atoms with Gasteiger partial charge in [0.2, 0.25) is 5.91 Å². The van der Waals surface area contributed by atoms with Gasteiger partial charge >= 0.3 is 5.97 Å². The lowest BCUT2D eigenvalue weighted by atomic mass is 9.82. The topological polar surface area (TPSA) is 66.4 Å². The van der Waals surface area contributed by atoms with Crippen LogP contribution in [0.25, 0.3) is 0 Å². The quantitative estimate of drug-likeness (QED) is 0.806. The monoisotopic (exact) mass is 371 g/mol. The highest BCUT2D eigenvalue weighted by Crippen LogP contribution is 2.41. The molecule has 0 unspecified atom stereocenters. The van der Waals surface area contributed by atoms with E-state index in [4.69, 9.17) is 0 Å². The van der Waals surface area contributed by atoms with Crippen molar-refractivity contribution < 1.29 is 19.1 Å². The number of carboxylic acid groups (broad SMARTS) is 1. The Morgan fingerprint density at radius 1 is 1.32 bits per heavy atom. The second-order valence-corrected chi connectivity index (χ2v) is 6.72. The third-order valence-electron chi connectivity index (χ3n) is 4.24. The lowest BCUT2D eigenvalue weighted by Gasteiger charge is -2.22. The predicted octanol–water partition coefficient (Wildman–Crippen LogP) is 3.28. The van der Waals surface area contributed by atoms with E-state index in [0.717, 1.165) is 12.8 Å². The van der Waals surface area contributed by atoms with Crippen LogP contribution in [0.4, 0.5) is 4.39 Å².